The molecule has 0 atom stereocenters. The smallest absolute Gasteiger partial charge is 0.265 e. The highest BCUT2D eigenvalue weighted by Gasteiger charge is 2.15. The number of nitrogens with zero attached hydrogens (tertiary/aromatic N) is 3. The fraction of sp³-hybridized carbons (Fsp3) is 0.0476. The fourth-order valence-electron chi connectivity index (χ4n) is 2.91. The molecule has 0 saturated heterocycles. The minimum atomic E-state index is -0.344. The van der Waals surface area contributed by atoms with E-state index in [0.717, 1.165) is 5.69 Å². The molecule has 2 aromatic heterocycles. The Morgan fingerprint density at radius 1 is 0.963 bits per heavy atom. The van der Waals surface area contributed by atoms with E-state index < -0.39 is 0 Å². The number of anilines is 1. The van der Waals surface area contributed by atoms with Gasteiger partial charge in [-0.1, -0.05) is 30.3 Å². The van der Waals surface area contributed by atoms with E-state index in [1.54, 1.807) is 48.5 Å². The average Bonchev–Trinajstić information content (AvgIpc) is 2.68. The number of hydrogen-bond acceptors (Lipinski definition) is 4. The Hall–Kier alpha value is -3.80. The number of hydrogen-bond donors (Lipinski definition) is 1. The molecule has 0 aliphatic carbocycles. The van der Waals surface area contributed by atoms with Crippen LogP contribution in [0, 0.1) is 6.92 Å². The number of fused-ring (bicyclic) bond motifs is 1. The summed E-state index contributed by atoms with van der Waals surface area (Å²) < 4.78 is 1.39. The van der Waals surface area contributed by atoms with Crippen molar-refractivity contribution in [1.82, 2.24) is 14.5 Å². The van der Waals surface area contributed by atoms with Crippen molar-refractivity contribution in [2.45, 2.75) is 6.92 Å². The van der Waals surface area contributed by atoms with E-state index in [9.17, 15) is 9.59 Å². The Kier molecular flexibility index (Phi) is 4.22. The average molecular weight is 356 g/mol. The molecule has 2 aromatic carbocycles. The number of nitrogens with one attached hydrogen (secondary N) is 1. The van der Waals surface area contributed by atoms with Gasteiger partial charge in [-0.15, -0.1) is 0 Å². The zero-order valence-corrected chi connectivity index (χ0v) is 14.6. The Labute approximate surface area is 155 Å². The Bertz CT molecular complexity index is 1210. The van der Waals surface area contributed by atoms with Gasteiger partial charge in [0.1, 0.15) is 12.1 Å². The first-order chi connectivity index (χ1) is 13.1. The van der Waals surface area contributed by atoms with E-state index in [4.69, 9.17) is 0 Å². The van der Waals surface area contributed by atoms with Crippen LogP contribution in [0.4, 0.5) is 5.82 Å². The van der Waals surface area contributed by atoms with Crippen molar-refractivity contribution >= 4 is 22.6 Å². The number of carbonyl (C=O) groups is 1. The van der Waals surface area contributed by atoms with Crippen LogP contribution in [0.2, 0.25) is 0 Å². The highest BCUT2D eigenvalue weighted by molar-refractivity contribution is 6.06. The fourth-order valence-corrected chi connectivity index (χ4v) is 2.91. The van der Waals surface area contributed by atoms with Crippen LogP contribution in [-0.2, 0) is 0 Å². The summed E-state index contributed by atoms with van der Waals surface area (Å²) in [4.78, 5) is 34.3. The van der Waals surface area contributed by atoms with E-state index in [-0.39, 0.29) is 11.5 Å². The molecule has 0 radical (unpaired) electrons. The monoisotopic (exact) mass is 356 g/mol. The van der Waals surface area contributed by atoms with Crippen molar-refractivity contribution < 1.29 is 4.79 Å². The normalized spacial score (nSPS) is 10.7. The molecule has 132 valence electrons. The lowest BCUT2D eigenvalue weighted by Crippen LogP contribution is -2.23. The summed E-state index contributed by atoms with van der Waals surface area (Å²) in [5.41, 5.74) is 2.01. The lowest BCUT2D eigenvalue weighted by molar-refractivity contribution is 0.102. The van der Waals surface area contributed by atoms with Crippen LogP contribution in [0.25, 0.3) is 16.6 Å². The SMILES string of the molecule is Cc1cccc(NC(=O)c2ccccc2-n2cnc3ccccc3c2=O)n1. The van der Waals surface area contributed by atoms with Gasteiger partial charge in [0, 0.05) is 5.69 Å². The van der Waals surface area contributed by atoms with Crippen molar-refractivity contribution in [2.75, 3.05) is 5.32 Å². The molecule has 6 heteroatoms. The third-order valence-corrected chi connectivity index (χ3v) is 4.20. The minimum absolute atomic E-state index is 0.227. The number of pyridine rings is 1. The van der Waals surface area contributed by atoms with Crippen molar-refractivity contribution in [2.24, 2.45) is 0 Å². The minimum Gasteiger partial charge on any atom is -0.306 e. The summed E-state index contributed by atoms with van der Waals surface area (Å²) in [6, 6.07) is 19.4. The number of aromatic nitrogens is 3. The van der Waals surface area contributed by atoms with Gasteiger partial charge >= 0.3 is 0 Å². The molecule has 0 unspecified atom stereocenters. The molecule has 0 spiro atoms. The molecule has 1 N–H and O–H groups in total. The van der Waals surface area contributed by atoms with Crippen molar-refractivity contribution in [3.05, 3.63) is 94.7 Å². The first kappa shape index (κ1) is 16.7. The topological polar surface area (TPSA) is 76.9 Å². The van der Waals surface area contributed by atoms with Gasteiger partial charge in [-0.05, 0) is 43.3 Å². The highest BCUT2D eigenvalue weighted by atomic mass is 16.2. The molecular weight excluding hydrogens is 340 g/mol. The Balaban J connectivity index is 1.79. The summed E-state index contributed by atoms with van der Waals surface area (Å²) in [6.45, 7) is 1.85. The van der Waals surface area contributed by atoms with Crippen LogP contribution in [0.1, 0.15) is 16.1 Å². The van der Waals surface area contributed by atoms with Crippen LogP contribution < -0.4 is 10.9 Å². The molecule has 0 saturated carbocycles. The van der Waals surface area contributed by atoms with Gasteiger partial charge in [0.2, 0.25) is 0 Å². The molecule has 2 heterocycles. The van der Waals surface area contributed by atoms with Crippen LogP contribution in [0.3, 0.4) is 0 Å². The maximum Gasteiger partial charge on any atom is 0.265 e. The van der Waals surface area contributed by atoms with Gasteiger partial charge in [0.05, 0.1) is 22.2 Å². The number of rotatable bonds is 3. The molecule has 4 aromatic rings. The molecule has 0 aliphatic rings. The lowest BCUT2D eigenvalue weighted by Gasteiger charge is -2.12. The molecule has 0 aliphatic heterocycles. The first-order valence-corrected chi connectivity index (χ1v) is 8.44. The maximum absolute atomic E-state index is 12.9. The molecule has 0 fully saturated rings. The molecule has 27 heavy (non-hydrogen) atoms. The number of carbonyl (C=O) groups excluding carboxylic acids is 1. The van der Waals surface area contributed by atoms with Crippen molar-refractivity contribution in [3.63, 3.8) is 0 Å². The summed E-state index contributed by atoms with van der Waals surface area (Å²) >= 11 is 0. The van der Waals surface area contributed by atoms with E-state index in [0.29, 0.717) is 28.0 Å². The zero-order valence-electron chi connectivity index (χ0n) is 14.6. The van der Waals surface area contributed by atoms with E-state index in [1.165, 1.54) is 10.9 Å². The second-order valence-electron chi connectivity index (χ2n) is 6.07. The standard InChI is InChI=1S/C21H16N4O2/c1-14-7-6-12-19(23-14)24-20(26)16-9-3-5-11-18(16)25-13-22-17-10-4-2-8-15(17)21(25)27/h2-13H,1H3,(H,23,24,26). The number of amides is 1. The van der Waals surface area contributed by atoms with Gasteiger partial charge < -0.3 is 5.32 Å². The zero-order chi connectivity index (χ0) is 18.8. The van der Waals surface area contributed by atoms with Crippen LogP contribution >= 0.6 is 0 Å². The van der Waals surface area contributed by atoms with Crippen molar-refractivity contribution in [3.8, 4) is 5.69 Å². The predicted molar refractivity (Wildman–Crippen MR) is 104 cm³/mol. The maximum atomic E-state index is 12.9. The van der Waals surface area contributed by atoms with Crippen molar-refractivity contribution in [1.29, 1.82) is 0 Å². The summed E-state index contributed by atoms with van der Waals surface area (Å²) in [6.07, 6.45) is 1.45. The Morgan fingerprint density at radius 3 is 2.59 bits per heavy atom. The number of benzene rings is 2. The molecular formula is C21H16N4O2. The summed E-state index contributed by atoms with van der Waals surface area (Å²) in [7, 11) is 0. The van der Waals surface area contributed by atoms with E-state index >= 15 is 0 Å². The second kappa shape index (κ2) is 6.84. The highest BCUT2D eigenvalue weighted by Crippen LogP contribution is 2.16. The van der Waals surface area contributed by atoms with Gasteiger partial charge in [0.25, 0.3) is 11.5 Å². The summed E-state index contributed by atoms with van der Waals surface area (Å²) in [5, 5.41) is 3.28. The summed E-state index contributed by atoms with van der Waals surface area (Å²) in [5.74, 6) is 0.113. The molecule has 4 rings (SSSR count). The van der Waals surface area contributed by atoms with Gasteiger partial charge in [-0.25, -0.2) is 9.97 Å². The number of aryl methyl sites for hydroxylation is 1. The first-order valence-electron chi connectivity index (χ1n) is 8.44. The molecule has 0 bridgehead atoms. The molecule has 1 amide bonds. The third kappa shape index (κ3) is 3.20. The van der Waals surface area contributed by atoms with Gasteiger partial charge in [-0.3, -0.25) is 14.2 Å². The van der Waals surface area contributed by atoms with E-state index in [2.05, 4.69) is 15.3 Å². The third-order valence-electron chi connectivity index (χ3n) is 4.20. The van der Waals surface area contributed by atoms with Crippen LogP contribution in [-0.4, -0.2) is 20.4 Å². The number of para-hydroxylation sites is 2. The lowest BCUT2D eigenvalue weighted by atomic mass is 10.1. The van der Waals surface area contributed by atoms with Gasteiger partial charge in [0.15, 0.2) is 0 Å². The van der Waals surface area contributed by atoms with Crippen LogP contribution in [0.5, 0.6) is 0 Å². The Morgan fingerprint density at radius 2 is 1.74 bits per heavy atom. The van der Waals surface area contributed by atoms with Crippen LogP contribution in [0.15, 0.2) is 77.9 Å². The largest absolute Gasteiger partial charge is 0.306 e. The van der Waals surface area contributed by atoms with E-state index in [1.807, 2.05) is 25.1 Å². The van der Waals surface area contributed by atoms with Gasteiger partial charge in [-0.2, -0.15) is 0 Å². The molecule has 6 nitrogen and oxygen atoms in total. The quantitative estimate of drug-likeness (QED) is 0.611. The predicted octanol–water partition coefficient (Wildman–Crippen LogP) is 3.34. The second-order valence-corrected chi connectivity index (χ2v) is 6.07.